The molecule has 0 bridgehead atoms. The highest BCUT2D eigenvalue weighted by Gasteiger charge is 2.21. The molecule has 0 saturated heterocycles. The van der Waals surface area contributed by atoms with Crippen molar-refractivity contribution in [3.63, 3.8) is 0 Å². The van der Waals surface area contributed by atoms with Gasteiger partial charge in [-0.05, 0) is 51.4 Å². The second-order valence-electron chi connectivity index (χ2n) is 14.6. The average molecular weight is 778 g/mol. The normalized spacial score (nSPS) is 14.4. The van der Waals surface area contributed by atoms with Crippen LogP contribution in [0.2, 0.25) is 0 Å². The molecule has 2 atom stereocenters. The van der Waals surface area contributed by atoms with Crippen molar-refractivity contribution in [2.75, 3.05) is 47.5 Å². The number of hydrogen-bond donors (Lipinski definition) is 0. The number of esters is 2. The van der Waals surface area contributed by atoms with Gasteiger partial charge >= 0.3 is 11.9 Å². The van der Waals surface area contributed by atoms with Gasteiger partial charge in [0.2, 0.25) is 0 Å². The molecule has 0 fully saturated rings. The fourth-order valence-corrected chi connectivity index (χ4v) is 5.76. The van der Waals surface area contributed by atoms with E-state index in [4.69, 9.17) is 18.5 Å². The van der Waals surface area contributed by atoms with E-state index in [9.17, 15) is 19.0 Å². The van der Waals surface area contributed by atoms with E-state index in [1.807, 2.05) is 33.3 Å². The highest BCUT2D eigenvalue weighted by atomic mass is 31.2. The zero-order chi connectivity index (χ0) is 40.0. The molecule has 0 aromatic carbocycles. The molecule has 9 nitrogen and oxygen atoms in total. The first-order valence-corrected chi connectivity index (χ1v) is 22.1. The standard InChI is InChI=1S/C44H76NO8P/c1-6-8-10-12-14-16-18-19-20-21-22-23-24-25-27-29-31-33-35-37-44(47)53-42(41-52-54(48,49)51-39-38-45(3,4)5)40-50-43(46)36-34-32-30-28-26-17-15-13-11-9-7-2/h8,10,14,16,19-20,22-23,25,27,31,33,42H,6-7,9,11-13,15,17-18,21,24,26,28-30,32,34-41H2,1-5H3/b10-8-,16-14-,20-19-,23-22-,27-25-,33-31-/t42-/m1/s1. The Hall–Kier alpha value is -2.55. The Kier molecular flexibility index (Phi) is 34.4. The summed E-state index contributed by atoms with van der Waals surface area (Å²) in [5.74, 6) is -0.939. The lowest BCUT2D eigenvalue weighted by molar-refractivity contribution is -0.870. The molecular formula is C44H76NO8P. The lowest BCUT2D eigenvalue weighted by Gasteiger charge is -2.28. The largest absolute Gasteiger partial charge is 0.756 e. The molecule has 10 heteroatoms. The van der Waals surface area contributed by atoms with Crippen molar-refractivity contribution in [2.45, 2.75) is 148 Å². The van der Waals surface area contributed by atoms with Gasteiger partial charge in [0.1, 0.15) is 19.8 Å². The molecule has 0 saturated carbocycles. The van der Waals surface area contributed by atoms with Crippen LogP contribution in [-0.4, -0.2) is 70.0 Å². The predicted octanol–water partition coefficient (Wildman–Crippen LogP) is 10.8. The van der Waals surface area contributed by atoms with Gasteiger partial charge in [0.15, 0.2) is 6.10 Å². The van der Waals surface area contributed by atoms with E-state index in [2.05, 4.69) is 74.6 Å². The minimum absolute atomic E-state index is 0.0470. The predicted molar refractivity (Wildman–Crippen MR) is 222 cm³/mol. The van der Waals surface area contributed by atoms with Gasteiger partial charge in [-0.3, -0.25) is 14.2 Å². The Morgan fingerprint density at radius 1 is 0.593 bits per heavy atom. The third-order valence-corrected chi connectivity index (χ3v) is 9.22. The zero-order valence-electron chi connectivity index (χ0n) is 34.6. The third kappa shape index (κ3) is 39.2. The molecule has 0 aliphatic heterocycles. The van der Waals surface area contributed by atoms with Crippen molar-refractivity contribution in [1.82, 2.24) is 0 Å². The van der Waals surface area contributed by atoms with Crippen LogP contribution in [0.1, 0.15) is 142 Å². The number of carbonyl (C=O) groups is 2. The summed E-state index contributed by atoms with van der Waals surface area (Å²) in [7, 11) is 1.11. The summed E-state index contributed by atoms with van der Waals surface area (Å²) in [5, 5.41) is 0. The van der Waals surface area contributed by atoms with Crippen molar-refractivity contribution in [3.05, 3.63) is 72.9 Å². The summed E-state index contributed by atoms with van der Waals surface area (Å²) in [4.78, 5) is 37.4. The van der Waals surface area contributed by atoms with E-state index in [1.54, 1.807) is 0 Å². The Balaban J connectivity index is 4.54. The van der Waals surface area contributed by atoms with Crippen LogP contribution in [0.15, 0.2) is 72.9 Å². The van der Waals surface area contributed by atoms with Crippen LogP contribution >= 0.6 is 7.82 Å². The van der Waals surface area contributed by atoms with Crippen molar-refractivity contribution in [3.8, 4) is 0 Å². The second-order valence-corrected chi connectivity index (χ2v) is 16.0. The van der Waals surface area contributed by atoms with Gasteiger partial charge < -0.3 is 27.9 Å². The molecule has 0 aliphatic carbocycles. The van der Waals surface area contributed by atoms with Gasteiger partial charge in [-0.15, -0.1) is 0 Å². The number of hydrogen-bond acceptors (Lipinski definition) is 8. The Morgan fingerprint density at radius 3 is 1.54 bits per heavy atom. The number of phosphoric acid groups is 1. The lowest BCUT2D eigenvalue weighted by Crippen LogP contribution is -2.37. The molecule has 0 spiro atoms. The molecule has 0 heterocycles. The fraction of sp³-hybridized carbons (Fsp3) is 0.682. The van der Waals surface area contributed by atoms with Crippen molar-refractivity contribution in [2.24, 2.45) is 0 Å². The van der Waals surface area contributed by atoms with E-state index in [1.165, 1.54) is 51.4 Å². The minimum atomic E-state index is -4.64. The quantitative estimate of drug-likeness (QED) is 0.0203. The van der Waals surface area contributed by atoms with Crippen molar-refractivity contribution >= 4 is 19.8 Å². The number of allylic oxidation sites excluding steroid dienone is 12. The maximum absolute atomic E-state index is 12.6. The molecule has 0 N–H and O–H groups in total. The molecule has 0 aliphatic rings. The molecule has 0 rings (SSSR count). The molecular weight excluding hydrogens is 701 g/mol. The number of nitrogens with zero attached hydrogens (tertiary/aromatic N) is 1. The Labute approximate surface area is 329 Å². The smallest absolute Gasteiger partial charge is 0.306 e. The fourth-order valence-electron chi connectivity index (χ4n) is 5.03. The van der Waals surface area contributed by atoms with E-state index >= 15 is 0 Å². The van der Waals surface area contributed by atoms with E-state index < -0.39 is 32.5 Å². The maximum Gasteiger partial charge on any atom is 0.306 e. The van der Waals surface area contributed by atoms with Gasteiger partial charge in [-0.25, -0.2) is 0 Å². The number of phosphoric ester groups is 1. The van der Waals surface area contributed by atoms with Crippen LogP contribution in [-0.2, 0) is 32.7 Å². The van der Waals surface area contributed by atoms with E-state index in [0.29, 0.717) is 17.4 Å². The molecule has 1 unspecified atom stereocenters. The number of likely N-dealkylation sites (N-methyl/N-ethyl adjacent to an activating group) is 1. The summed E-state index contributed by atoms with van der Waals surface area (Å²) in [6, 6.07) is 0. The third-order valence-electron chi connectivity index (χ3n) is 8.25. The van der Waals surface area contributed by atoms with Gasteiger partial charge in [-0.1, -0.05) is 151 Å². The number of carbonyl (C=O) groups excluding carboxylic acids is 2. The van der Waals surface area contributed by atoms with Gasteiger partial charge in [0.25, 0.3) is 7.82 Å². The summed E-state index contributed by atoms with van der Waals surface area (Å²) in [6.45, 7) is 3.99. The summed E-state index contributed by atoms with van der Waals surface area (Å²) >= 11 is 0. The van der Waals surface area contributed by atoms with E-state index in [0.717, 1.165) is 57.8 Å². The summed E-state index contributed by atoms with van der Waals surface area (Å²) in [6.07, 6.45) is 43.8. The molecule has 0 aromatic heterocycles. The highest BCUT2D eigenvalue weighted by Crippen LogP contribution is 2.38. The lowest BCUT2D eigenvalue weighted by atomic mass is 10.1. The molecule has 54 heavy (non-hydrogen) atoms. The van der Waals surface area contributed by atoms with Crippen LogP contribution in [0.25, 0.3) is 0 Å². The zero-order valence-corrected chi connectivity index (χ0v) is 35.5. The van der Waals surface area contributed by atoms with Gasteiger partial charge in [0.05, 0.1) is 27.7 Å². The van der Waals surface area contributed by atoms with Gasteiger partial charge in [0, 0.05) is 12.8 Å². The molecule has 0 aromatic rings. The first kappa shape index (κ1) is 51.5. The molecule has 0 amide bonds. The summed E-state index contributed by atoms with van der Waals surface area (Å²) < 4.78 is 33.7. The van der Waals surface area contributed by atoms with Crippen LogP contribution in [0.3, 0.4) is 0 Å². The van der Waals surface area contributed by atoms with Crippen molar-refractivity contribution < 1.29 is 42.1 Å². The van der Waals surface area contributed by atoms with Crippen LogP contribution in [0.4, 0.5) is 0 Å². The van der Waals surface area contributed by atoms with Crippen LogP contribution in [0.5, 0.6) is 0 Å². The Morgan fingerprint density at radius 2 is 1.06 bits per heavy atom. The minimum Gasteiger partial charge on any atom is -0.756 e. The van der Waals surface area contributed by atoms with Crippen molar-refractivity contribution in [1.29, 1.82) is 0 Å². The first-order chi connectivity index (χ1) is 26.0. The molecule has 0 radical (unpaired) electrons. The highest BCUT2D eigenvalue weighted by molar-refractivity contribution is 7.45. The van der Waals surface area contributed by atoms with E-state index in [-0.39, 0.29) is 26.1 Å². The number of ether oxygens (including phenoxy) is 2. The average Bonchev–Trinajstić information content (AvgIpc) is 3.12. The second kappa shape index (κ2) is 36.1. The van der Waals surface area contributed by atoms with Crippen LogP contribution < -0.4 is 4.89 Å². The first-order valence-electron chi connectivity index (χ1n) is 20.6. The monoisotopic (exact) mass is 778 g/mol. The molecule has 310 valence electrons. The number of quaternary nitrogens is 1. The topological polar surface area (TPSA) is 111 Å². The SMILES string of the molecule is CC/C=C\C/C=C\C/C=C\C/C=C\C/C=C\C/C=C\CCC(=O)O[C@H](COC(=O)CCCCCCCCCCCCC)COP(=O)([O-])OCC[N+](C)(C)C. The Bertz CT molecular complexity index is 1150. The van der Waals surface area contributed by atoms with Gasteiger partial charge in [-0.2, -0.15) is 0 Å². The maximum atomic E-state index is 12.6. The summed E-state index contributed by atoms with van der Waals surface area (Å²) in [5.41, 5.74) is 0. The number of rotatable bonds is 36. The number of unbranched alkanes of at least 4 members (excludes halogenated alkanes) is 10. The van der Waals surface area contributed by atoms with Crippen LogP contribution in [0, 0.1) is 0 Å².